The van der Waals surface area contributed by atoms with Crippen LogP contribution in [0, 0.1) is 0 Å². The summed E-state index contributed by atoms with van der Waals surface area (Å²) in [6.07, 6.45) is -1.44. The number of hydrogen-bond acceptors (Lipinski definition) is 4. The molecule has 0 saturated heterocycles. The van der Waals surface area contributed by atoms with Gasteiger partial charge in [-0.2, -0.15) is 0 Å². The van der Waals surface area contributed by atoms with E-state index in [2.05, 4.69) is 4.74 Å². The van der Waals surface area contributed by atoms with Crippen molar-refractivity contribution in [1.29, 1.82) is 0 Å². The summed E-state index contributed by atoms with van der Waals surface area (Å²) in [7, 11) is 1.19. The van der Waals surface area contributed by atoms with E-state index in [9.17, 15) is 15.0 Å². The molecule has 1 aromatic carbocycles. The molecule has 1 aromatic rings. The molecule has 4 heteroatoms. The van der Waals surface area contributed by atoms with E-state index in [-0.39, 0.29) is 17.2 Å². The number of aliphatic hydroxyl groups is 1. The van der Waals surface area contributed by atoms with E-state index in [0.717, 1.165) is 5.56 Å². The molecule has 0 aromatic heterocycles. The molecule has 1 rings (SSSR count). The minimum absolute atomic E-state index is 0.109. The molecule has 0 fully saturated rings. The Bertz CT molecular complexity index is 385. The van der Waals surface area contributed by atoms with Crippen LogP contribution in [0.1, 0.15) is 37.0 Å². The molecular weight excluding hydrogens is 208 g/mol. The molecule has 0 spiro atoms. The quantitative estimate of drug-likeness (QED) is 0.767. The number of methoxy groups -OCH3 is 1. The molecule has 0 aliphatic heterocycles. The Labute approximate surface area is 94.5 Å². The van der Waals surface area contributed by atoms with Crippen LogP contribution in [0.5, 0.6) is 5.75 Å². The van der Waals surface area contributed by atoms with Crippen LogP contribution in [0.3, 0.4) is 0 Å². The second-order valence-corrected chi connectivity index (χ2v) is 3.90. The van der Waals surface area contributed by atoms with Crippen molar-refractivity contribution in [3.05, 3.63) is 29.3 Å². The fourth-order valence-corrected chi connectivity index (χ4v) is 1.39. The highest BCUT2D eigenvalue weighted by atomic mass is 16.5. The summed E-state index contributed by atoms with van der Waals surface area (Å²) < 4.78 is 4.42. The lowest BCUT2D eigenvalue weighted by Crippen LogP contribution is -2.14. The van der Waals surface area contributed by atoms with Crippen LogP contribution in [-0.2, 0) is 9.53 Å². The summed E-state index contributed by atoms with van der Waals surface area (Å²) in [5.41, 5.74) is 1.12. The lowest BCUT2D eigenvalue weighted by atomic mass is 9.98. The first kappa shape index (κ1) is 12.5. The monoisotopic (exact) mass is 224 g/mol. The highest BCUT2D eigenvalue weighted by Gasteiger charge is 2.21. The van der Waals surface area contributed by atoms with Gasteiger partial charge in [0.2, 0.25) is 0 Å². The molecule has 0 amide bonds. The first-order chi connectivity index (χ1) is 7.47. The maximum Gasteiger partial charge on any atom is 0.339 e. The van der Waals surface area contributed by atoms with Crippen molar-refractivity contribution in [1.82, 2.24) is 0 Å². The van der Waals surface area contributed by atoms with Gasteiger partial charge in [0.25, 0.3) is 0 Å². The first-order valence-corrected chi connectivity index (χ1v) is 5.06. The van der Waals surface area contributed by atoms with E-state index >= 15 is 0 Å². The van der Waals surface area contributed by atoms with E-state index in [1.54, 1.807) is 12.1 Å². The van der Waals surface area contributed by atoms with E-state index in [1.165, 1.54) is 13.2 Å². The molecule has 16 heavy (non-hydrogen) atoms. The van der Waals surface area contributed by atoms with Crippen molar-refractivity contribution in [3.8, 4) is 5.75 Å². The molecule has 0 bridgehead atoms. The molecule has 0 radical (unpaired) electrons. The summed E-state index contributed by atoms with van der Waals surface area (Å²) in [4.78, 5) is 11.2. The first-order valence-electron chi connectivity index (χ1n) is 5.06. The molecule has 1 unspecified atom stereocenters. The van der Waals surface area contributed by atoms with Gasteiger partial charge in [-0.3, -0.25) is 0 Å². The van der Waals surface area contributed by atoms with E-state index < -0.39 is 12.1 Å². The fraction of sp³-hybridized carbons (Fsp3) is 0.417. The predicted octanol–water partition coefficient (Wildman–Crippen LogP) is 1.72. The zero-order valence-electron chi connectivity index (χ0n) is 9.60. The zero-order chi connectivity index (χ0) is 12.3. The van der Waals surface area contributed by atoms with E-state index in [4.69, 9.17) is 0 Å². The minimum atomic E-state index is -1.44. The largest absolute Gasteiger partial charge is 0.508 e. The number of esters is 1. The van der Waals surface area contributed by atoms with Gasteiger partial charge in [0.15, 0.2) is 6.10 Å². The normalized spacial score (nSPS) is 12.6. The Kier molecular flexibility index (Phi) is 3.90. The number of aliphatic hydroxyl groups excluding tert-OH is 1. The third kappa shape index (κ3) is 2.52. The van der Waals surface area contributed by atoms with Gasteiger partial charge in [-0.05, 0) is 23.6 Å². The molecule has 88 valence electrons. The number of phenolic OH excluding ortho intramolecular Hbond substituents is 1. The number of carbonyl (C=O) groups excluding carboxylic acids is 1. The number of ether oxygens (including phenoxy) is 1. The van der Waals surface area contributed by atoms with Gasteiger partial charge < -0.3 is 14.9 Å². The summed E-state index contributed by atoms with van der Waals surface area (Å²) in [5, 5.41) is 19.2. The summed E-state index contributed by atoms with van der Waals surface area (Å²) in [6, 6.07) is 4.84. The highest BCUT2D eigenvalue weighted by molar-refractivity contribution is 5.77. The van der Waals surface area contributed by atoms with Crippen LogP contribution in [0.2, 0.25) is 0 Å². The Balaban J connectivity index is 3.11. The maximum atomic E-state index is 11.2. The number of phenols is 1. The summed E-state index contributed by atoms with van der Waals surface area (Å²) in [6.45, 7) is 3.97. The Morgan fingerprint density at radius 3 is 2.50 bits per heavy atom. The van der Waals surface area contributed by atoms with Gasteiger partial charge in [-0.15, -0.1) is 0 Å². The minimum Gasteiger partial charge on any atom is -0.508 e. The average Bonchev–Trinajstić information content (AvgIpc) is 2.27. The van der Waals surface area contributed by atoms with Gasteiger partial charge in [-0.25, -0.2) is 4.79 Å². The van der Waals surface area contributed by atoms with Gasteiger partial charge in [0, 0.05) is 5.56 Å². The van der Waals surface area contributed by atoms with Gasteiger partial charge in [0.1, 0.15) is 5.75 Å². The number of hydrogen-bond donors (Lipinski definition) is 2. The standard InChI is InChI=1S/C12H16O4/c1-7(2)8-4-5-10(13)9(6-8)11(14)12(15)16-3/h4-7,11,13-14H,1-3H3. The predicted molar refractivity (Wildman–Crippen MR) is 59.2 cm³/mol. The van der Waals surface area contributed by atoms with E-state index in [0.29, 0.717) is 0 Å². The molecule has 2 N–H and O–H groups in total. The molecular formula is C12H16O4. The summed E-state index contributed by atoms with van der Waals surface area (Å²) >= 11 is 0. The third-order valence-corrected chi connectivity index (χ3v) is 2.44. The number of aromatic hydroxyl groups is 1. The second-order valence-electron chi connectivity index (χ2n) is 3.90. The fourth-order valence-electron chi connectivity index (χ4n) is 1.39. The van der Waals surface area contributed by atoms with Crippen molar-refractivity contribution in [2.75, 3.05) is 7.11 Å². The summed E-state index contributed by atoms with van der Waals surface area (Å²) in [5.74, 6) is -0.636. The second kappa shape index (κ2) is 4.99. The number of rotatable bonds is 3. The van der Waals surface area contributed by atoms with Crippen molar-refractivity contribution < 1.29 is 19.7 Å². The van der Waals surface area contributed by atoms with Crippen LogP contribution in [0.25, 0.3) is 0 Å². The number of carbonyl (C=O) groups is 1. The molecule has 0 saturated carbocycles. The van der Waals surface area contributed by atoms with Crippen LogP contribution >= 0.6 is 0 Å². The molecule has 0 heterocycles. The van der Waals surface area contributed by atoms with Crippen molar-refractivity contribution in [3.63, 3.8) is 0 Å². The Hall–Kier alpha value is -1.55. The average molecular weight is 224 g/mol. The van der Waals surface area contributed by atoms with Gasteiger partial charge >= 0.3 is 5.97 Å². The number of benzene rings is 1. The highest BCUT2D eigenvalue weighted by Crippen LogP contribution is 2.28. The topological polar surface area (TPSA) is 66.8 Å². The molecule has 4 nitrogen and oxygen atoms in total. The Morgan fingerprint density at radius 2 is 2.00 bits per heavy atom. The lowest BCUT2D eigenvalue weighted by molar-refractivity contribution is -0.150. The molecule has 0 aliphatic rings. The van der Waals surface area contributed by atoms with Crippen LogP contribution in [0.4, 0.5) is 0 Å². The zero-order valence-corrected chi connectivity index (χ0v) is 9.60. The van der Waals surface area contributed by atoms with Crippen molar-refractivity contribution in [2.45, 2.75) is 25.9 Å². The van der Waals surface area contributed by atoms with Crippen LogP contribution in [-0.4, -0.2) is 23.3 Å². The van der Waals surface area contributed by atoms with Gasteiger partial charge in [-0.1, -0.05) is 19.9 Å². The van der Waals surface area contributed by atoms with Crippen LogP contribution in [0.15, 0.2) is 18.2 Å². The SMILES string of the molecule is COC(=O)C(O)c1cc(C(C)C)ccc1O. The van der Waals surface area contributed by atoms with Crippen LogP contribution < -0.4 is 0 Å². The lowest BCUT2D eigenvalue weighted by Gasteiger charge is -2.13. The van der Waals surface area contributed by atoms with Crippen molar-refractivity contribution in [2.24, 2.45) is 0 Å². The maximum absolute atomic E-state index is 11.2. The third-order valence-electron chi connectivity index (χ3n) is 2.44. The smallest absolute Gasteiger partial charge is 0.339 e. The van der Waals surface area contributed by atoms with E-state index in [1.807, 2.05) is 13.8 Å². The molecule has 0 aliphatic carbocycles. The van der Waals surface area contributed by atoms with Crippen molar-refractivity contribution >= 4 is 5.97 Å². The van der Waals surface area contributed by atoms with Gasteiger partial charge in [0.05, 0.1) is 7.11 Å². The molecule has 1 atom stereocenters. The Morgan fingerprint density at radius 1 is 1.38 bits per heavy atom.